The number of hydrogen-bond acceptors (Lipinski definition) is 3. The van der Waals surface area contributed by atoms with Gasteiger partial charge in [-0.05, 0) is 38.0 Å². The molecule has 1 amide bonds. The van der Waals surface area contributed by atoms with Gasteiger partial charge in [-0.2, -0.15) is 0 Å². The van der Waals surface area contributed by atoms with Crippen molar-refractivity contribution < 1.29 is 23.0 Å². The fraction of sp³-hybridized carbons (Fsp3) is 0.533. The zero-order valence-corrected chi connectivity index (χ0v) is 12.8. The van der Waals surface area contributed by atoms with Gasteiger partial charge >= 0.3 is 0 Å². The Balaban J connectivity index is 1.91. The van der Waals surface area contributed by atoms with E-state index in [4.69, 9.17) is 9.47 Å². The maximum absolute atomic E-state index is 13.4. The molecule has 0 saturated carbocycles. The van der Waals surface area contributed by atoms with Crippen molar-refractivity contribution in [2.45, 2.75) is 44.2 Å². The minimum atomic E-state index is -0.765. The molecule has 2 saturated heterocycles. The second-order valence-electron chi connectivity index (χ2n) is 6.34. The Morgan fingerprint density at radius 1 is 1.36 bits per heavy atom. The molecule has 2 heterocycles. The van der Waals surface area contributed by atoms with Crippen LogP contribution in [0.15, 0.2) is 18.2 Å². The van der Waals surface area contributed by atoms with E-state index in [2.05, 4.69) is 0 Å². The number of carbonyl (C=O) groups is 1. The van der Waals surface area contributed by atoms with E-state index < -0.39 is 17.4 Å². The first kappa shape index (κ1) is 15.4. The van der Waals surface area contributed by atoms with Crippen LogP contribution in [0, 0.1) is 11.6 Å². The number of benzene rings is 1. The van der Waals surface area contributed by atoms with E-state index in [-0.39, 0.29) is 24.1 Å². The highest BCUT2D eigenvalue weighted by molar-refractivity contribution is 6.57. The highest BCUT2D eigenvalue weighted by Gasteiger charge is 2.54. The standard InChI is InChI=1S/C15H18BF2NO3/c1-15(2)19(14(16)20)11(13(22-15)12-7-21-12)5-8-3-9(17)6-10(18)4-8/h3-4,6,11-13H,5,7,16H2,1-2H3/t11-,12-,13+/m0/s1. The molecule has 4 nitrogen and oxygen atoms in total. The number of hydrogen-bond donors (Lipinski definition) is 0. The van der Waals surface area contributed by atoms with Gasteiger partial charge in [0, 0.05) is 6.07 Å². The van der Waals surface area contributed by atoms with Crippen molar-refractivity contribution in [1.82, 2.24) is 4.90 Å². The van der Waals surface area contributed by atoms with Gasteiger partial charge in [-0.1, -0.05) is 0 Å². The van der Waals surface area contributed by atoms with Crippen molar-refractivity contribution in [2.24, 2.45) is 0 Å². The smallest absolute Gasteiger partial charge is 0.216 e. The first-order valence-electron chi connectivity index (χ1n) is 7.32. The first-order chi connectivity index (χ1) is 10.3. The highest BCUT2D eigenvalue weighted by Crippen LogP contribution is 2.38. The molecule has 0 radical (unpaired) electrons. The molecule has 118 valence electrons. The van der Waals surface area contributed by atoms with E-state index in [1.165, 1.54) is 20.0 Å². The summed E-state index contributed by atoms with van der Waals surface area (Å²) < 4.78 is 38.1. The summed E-state index contributed by atoms with van der Waals surface area (Å²) in [7, 11) is 1.47. The summed E-state index contributed by atoms with van der Waals surface area (Å²) in [6.07, 6.45) is -0.0281. The summed E-state index contributed by atoms with van der Waals surface area (Å²) in [6.45, 7) is 4.21. The average molecular weight is 309 g/mol. The van der Waals surface area contributed by atoms with Crippen molar-refractivity contribution in [3.05, 3.63) is 35.4 Å². The average Bonchev–Trinajstić information content (AvgIpc) is 3.13. The van der Waals surface area contributed by atoms with Crippen LogP contribution in [0.3, 0.4) is 0 Å². The molecule has 0 spiro atoms. The van der Waals surface area contributed by atoms with E-state index in [1.54, 1.807) is 4.90 Å². The molecular formula is C15H18BF2NO3. The summed E-state index contributed by atoms with van der Waals surface area (Å²) in [6, 6.07) is 3.11. The highest BCUT2D eigenvalue weighted by atomic mass is 19.1. The van der Waals surface area contributed by atoms with Gasteiger partial charge in [0.2, 0.25) is 7.85 Å². The van der Waals surface area contributed by atoms with Gasteiger partial charge in [0.25, 0.3) is 0 Å². The molecule has 2 aliphatic heterocycles. The van der Waals surface area contributed by atoms with Gasteiger partial charge < -0.3 is 14.4 Å². The maximum atomic E-state index is 13.4. The number of amides is 1. The first-order valence-corrected chi connectivity index (χ1v) is 7.32. The van der Waals surface area contributed by atoms with Crippen LogP contribution in [0.5, 0.6) is 0 Å². The van der Waals surface area contributed by atoms with Crippen LogP contribution in [0.2, 0.25) is 0 Å². The van der Waals surface area contributed by atoms with Crippen molar-refractivity contribution >= 4 is 13.7 Å². The van der Waals surface area contributed by atoms with Crippen molar-refractivity contribution in [3.63, 3.8) is 0 Å². The lowest BCUT2D eigenvalue weighted by atomic mass is 9.95. The minimum absolute atomic E-state index is 0.0629. The van der Waals surface area contributed by atoms with Crippen LogP contribution < -0.4 is 0 Å². The topological polar surface area (TPSA) is 42.1 Å². The Labute approximate surface area is 128 Å². The Morgan fingerprint density at radius 2 is 1.95 bits per heavy atom. The van der Waals surface area contributed by atoms with Gasteiger partial charge in [0.1, 0.15) is 29.6 Å². The number of halogens is 2. The lowest BCUT2D eigenvalue weighted by Gasteiger charge is -2.33. The second-order valence-corrected chi connectivity index (χ2v) is 6.34. The van der Waals surface area contributed by atoms with Gasteiger partial charge in [-0.3, -0.25) is 4.79 Å². The number of nitrogens with zero attached hydrogens (tertiary/aromatic N) is 1. The number of rotatable bonds is 3. The summed E-state index contributed by atoms with van der Waals surface area (Å²) in [4.78, 5) is 13.7. The van der Waals surface area contributed by atoms with Gasteiger partial charge in [-0.15, -0.1) is 0 Å². The molecule has 3 atom stereocenters. The summed E-state index contributed by atoms with van der Waals surface area (Å²) in [5.74, 6) is -1.38. The normalized spacial score (nSPS) is 29.6. The summed E-state index contributed by atoms with van der Waals surface area (Å²) >= 11 is 0. The monoisotopic (exact) mass is 309 g/mol. The van der Waals surface area contributed by atoms with Crippen LogP contribution in [0.1, 0.15) is 19.4 Å². The van der Waals surface area contributed by atoms with E-state index in [0.717, 1.165) is 6.07 Å². The fourth-order valence-electron chi connectivity index (χ4n) is 3.37. The lowest BCUT2D eigenvalue weighted by Crippen LogP contribution is -2.49. The Bertz CT molecular complexity index is 586. The molecule has 2 aliphatic rings. The molecule has 22 heavy (non-hydrogen) atoms. The van der Waals surface area contributed by atoms with E-state index in [9.17, 15) is 13.6 Å². The number of ether oxygens (including phenoxy) is 2. The Morgan fingerprint density at radius 3 is 2.45 bits per heavy atom. The van der Waals surface area contributed by atoms with E-state index in [0.29, 0.717) is 18.6 Å². The SMILES string of the molecule is BC(=O)N1[C@@H](Cc2cc(F)cc(F)c2)[C@H]([C@@H]2CO2)OC1(C)C. The van der Waals surface area contributed by atoms with Gasteiger partial charge in [0.15, 0.2) is 5.81 Å². The number of epoxide rings is 1. The largest absolute Gasteiger partial charge is 0.370 e. The minimum Gasteiger partial charge on any atom is -0.370 e. The lowest BCUT2D eigenvalue weighted by molar-refractivity contribution is -0.0637. The molecule has 0 N–H and O–H groups in total. The molecule has 1 aromatic rings. The van der Waals surface area contributed by atoms with Crippen LogP contribution in [-0.4, -0.2) is 49.1 Å². The number of carbonyl (C=O) groups excluding carboxylic acids is 1. The molecule has 0 aromatic heterocycles. The molecule has 0 aliphatic carbocycles. The van der Waals surface area contributed by atoms with Gasteiger partial charge in [-0.25, -0.2) is 8.78 Å². The molecule has 0 bridgehead atoms. The Hall–Kier alpha value is -1.47. The Kier molecular flexibility index (Phi) is 3.73. The molecule has 7 heteroatoms. The molecule has 2 fully saturated rings. The van der Waals surface area contributed by atoms with E-state index in [1.807, 2.05) is 13.8 Å². The van der Waals surface area contributed by atoms with Crippen LogP contribution in [-0.2, 0) is 15.9 Å². The zero-order chi connectivity index (χ0) is 16.1. The summed E-state index contributed by atoms with van der Waals surface area (Å²) in [5, 5.41) is 0. The molecule has 3 rings (SSSR count). The maximum Gasteiger partial charge on any atom is 0.216 e. The predicted octanol–water partition coefficient (Wildman–Crippen LogP) is 1.46. The third-order valence-electron chi connectivity index (χ3n) is 4.15. The van der Waals surface area contributed by atoms with Crippen LogP contribution in [0.4, 0.5) is 13.6 Å². The van der Waals surface area contributed by atoms with Crippen molar-refractivity contribution in [1.29, 1.82) is 0 Å². The van der Waals surface area contributed by atoms with Crippen LogP contribution >= 0.6 is 0 Å². The van der Waals surface area contributed by atoms with Gasteiger partial charge in [0.05, 0.1) is 12.6 Å². The fourth-order valence-corrected chi connectivity index (χ4v) is 3.37. The third-order valence-corrected chi connectivity index (χ3v) is 4.15. The van der Waals surface area contributed by atoms with Crippen molar-refractivity contribution in [2.75, 3.05) is 6.61 Å². The second kappa shape index (κ2) is 5.31. The molecule has 1 aromatic carbocycles. The predicted molar refractivity (Wildman–Crippen MR) is 78.3 cm³/mol. The quantitative estimate of drug-likeness (QED) is 0.627. The van der Waals surface area contributed by atoms with Crippen molar-refractivity contribution in [3.8, 4) is 0 Å². The van der Waals surface area contributed by atoms with E-state index >= 15 is 0 Å². The third kappa shape index (κ3) is 2.87. The zero-order valence-electron chi connectivity index (χ0n) is 12.8. The van der Waals surface area contributed by atoms with Crippen LogP contribution in [0.25, 0.3) is 0 Å². The molecular weight excluding hydrogens is 291 g/mol. The molecule has 0 unspecified atom stereocenters. The summed E-state index contributed by atoms with van der Waals surface area (Å²) in [5.41, 5.74) is -0.264.